The Morgan fingerprint density at radius 2 is 1.48 bits per heavy atom. The summed E-state index contributed by atoms with van der Waals surface area (Å²) in [6, 6.07) is 19.0. The lowest BCUT2D eigenvalue weighted by atomic mass is 9.90. The van der Waals surface area contributed by atoms with Gasteiger partial charge in [-0.1, -0.05) is 60.7 Å². The second-order valence-electron chi connectivity index (χ2n) is 5.63. The van der Waals surface area contributed by atoms with Crippen LogP contribution in [0.5, 0.6) is 0 Å². The predicted molar refractivity (Wildman–Crippen MR) is 95.0 cm³/mol. The van der Waals surface area contributed by atoms with Gasteiger partial charge in [-0.25, -0.2) is 0 Å². The number of hydrogen-bond acceptors (Lipinski definition) is 4. The number of amides is 1. The van der Waals surface area contributed by atoms with E-state index in [0.29, 0.717) is 0 Å². The van der Waals surface area contributed by atoms with Crippen molar-refractivity contribution in [3.63, 3.8) is 0 Å². The van der Waals surface area contributed by atoms with E-state index in [9.17, 15) is 14.7 Å². The molecular weight excluding hydrogens is 318 g/mol. The Morgan fingerprint density at radius 1 is 0.960 bits per heavy atom. The van der Waals surface area contributed by atoms with E-state index >= 15 is 0 Å². The standard InChI is InChI=1S/C20H23NO4/c1-25-18(23)12-13-21(14-15-22)20(24)19(16-8-4-2-5-9-16)17-10-6-3-7-11-17/h2-11,19,22H,12-15H2,1H3. The smallest absolute Gasteiger partial charge is 0.307 e. The van der Waals surface area contributed by atoms with E-state index in [0.717, 1.165) is 11.1 Å². The fourth-order valence-electron chi connectivity index (χ4n) is 2.73. The van der Waals surface area contributed by atoms with Crippen LogP contribution in [0.4, 0.5) is 0 Å². The SMILES string of the molecule is COC(=O)CCN(CCO)C(=O)C(c1ccccc1)c1ccccc1. The van der Waals surface area contributed by atoms with Gasteiger partial charge < -0.3 is 14.7 Å². The number of methoxy groups -OCH3 is 1. The molecule has 5 heteroatoms. The third kappa shape index (κ3) is 5.16. The molecule has 132 valence electrons. The maximum atomic E-state index is 13.2. The van der Waals surface area contributed by atoms with Crippen molar-refractivity contribution in [2.75, 3.05) is 26.8 Å². The lowest BCUT2D eigenvalue weighted by molar-refractivity contribution is -0.142. The highest BCUT2D eigenvalue weighted by Crippen LogP contribution is 2.27. The van der Waals surface area contributed by atoms with E-state index in [2.05, 4.69) is 4.74 Å². The van der Waals surface area contributed by atoms with Crippen molar-refractivity contribution in [2.24, 2.45) is 0 Å². The molecular formula is C20H23NO4. The van der Waals surface area contributed by atoms with Crippen molar-refractivity contribution in [2.45, 2.75) is 12.3 Å². The lowest BCUT2D eigenvalue weighted by Crippen LogP contribution is -2.39. The largest absolute Gasteiger partial charge is 0.469 e. The van der Waals surface area contributed by atoms with Gasteiger partial charge in [0.25, 0.3) is 0 Å². The van der Waals surface area contributed by atoms with Crippen molar-refractivity contribution in [1.82, 2.24) is 4.90 Å². The van der Waals surface area contributed by atoms with Crippen LogP contribution < -0.4 is 0 Å². The summed E-state index contributed by atoms with van der Waals surface area (Å²) in [6.07, 6.45) is 0.0958. The number of ether oxygens (including phenoxy) is 1. The molecule has 0 aliphatic carbocycles. The van der Waals surface area contributed by atoms with Gasteiger partial charge in [-0.3, -0.25) is 9.59 Å². The molecule has 1 amide bonds. The summed E-state index contributed by atoms with van der Waals surface area (Å²) in [5.74, 6) is -1.01. The van der Waals surface area contributed by atoms with Crippen molar-refractivity contribution < 1.29 is 19.4 Å². The topological polar surface area (TPSA) is 66.8 Å². The molecule has 2 rings (SSSR count). The third-order valence-electron chi connectivity index (χ3n) is 4.01. The quantitative estimate of drug-likeness (QED) is 0.748. The van der Waals surface area contributed by atoms with Gasteiger partial charge in [-0.05, 0) is 11.1 Å². The molecule has 0 heterocycles. The molecule has 0 spiro atoms. The fourth-order valence-corrected chi connectivity index (χ4v) is 2.73. The molecule has 0 aliphatic heterocycles. The van der Waals surface area contributed by atoms with Gasteiger partial charge in [0.05, 0.1) is 26.1 Å². The zero-order valence-corrected chi connectivity index (χ0v) is 14.3. The first kappa shape index (κ1) is 18.7. The molecule has 0 bridgehead atoms. The first-order chi connectivity index (χ1) is 12.2. The van der Waals surface area contributed by atoms with Gasteiger partial charge >= 0.3 is 5.97 Å². The molecule has 0 unspecified atom stereocenters. The number of aliphatic hydroxyl groups excluding tert-OH is 1. The van der Waals surface area contributed by atoms with Crippen LogP contribution >= 0.6 is 0 Å². The molecule has 5 nitrogen and oxygen atoms in total. The molecule has 2 aromatic carbocycles. The van der Waals surface area contributed by atoms with Crippen LogP contribution in [0.15, 0.2) is 60.7 Å². The number of benzene rings is 2. The summed E-state index contributed by atoms with van der Waals surface area (Å²) in [4.78, 5) is 26.1. The minimum Gasteiger partial charge on any atom is -0.469 e. The Hall–Kier alpha value is -2.66. The highest BCUT2D eigenvalue weighted by Gasteiger charge is 2.27. The van der Waals surface area contributed by atoms with Crippen LogP contribution in [-0.4, -0.2) is 48.7 Å². The number of esters is 1. The summed E-state index contributed by atoms with van der Waals surface area (Å²) in [5, 5.41) is 9.32. The zero-order chi connectivity index (χ0) is 18.1. The molecule has 0 saturated carbocycles. The van der Waals surface area contributed by atoms with Gasteiger partial charge in [0, 0.05) is 13.1 Å². The monoisotopic (exact) mass is 341 g/mol. The van der Waals surface area contributed by atoms with Crippen molar-refractivity contribution in [3.8, 4) is 0 Å². The Morgan fingerprint density at radius 3 is 1.92 bits per heavy atom. The third-order valence-corrected chi connectivity index (χ3v) is 4.01. The Bertz CT molecular complexity index is 633. The van der Waals surface area contributed by atoms with Crippen LogP contribution in [0, 0.1) is 0 Å². The van der Waals surface area contributed by atoms with Crippen molar-refractivity contribution in [1.29, 1.82) is 0 Å². The molecule has 2 aromatic rings. The minimum atomic E-state index is -0.480. The Kier molecular flexibility index (Phi) is 7.16. The summed E-state index contributed by atoms with van der Waals surface area (Å²) in [6.45, 7) is 0.220. The normalized spacial score (nSPS) is 10.5. The van der Waals surface area contributed by atoms with Gasteiger partial charge in [0.15, 0.2) is 0 Å². The lowest BCUT2D eigenvalue weighted by Gasteiger charge is -2.27. The van der Waals surface area contributed by atoms with Gasteiger partial charge in [0.2, 0.25) is 5.91 Å². The molecule has 0 fully saturated rings. The second kappa shape index (κ2) is 9.59. The summed E-state index contributed by atoms with van der Waals surface area (Å²) in [5.41, 5.74) is 1.75. The van der Waals surface area contributed by atoms with E-state index in [1.54, 1.807) is 0 Å². The van der Waals surface area contributed by atoms with Crippen LogP contribution in [0.1, 0.15) is 23.5 Å². The average Bonchev–Trinajstić information content (AvgIpc) is 2.66. The maximum absolute atomic E-state index is 13.2. The van der Waals surface area contributed by atoms with Crippen LogP contribution in [0.2, 0.25) is 0 Å². The highest BCUT2D eigenvalue weighted by atomic mass is 16.5. The molecule has 0 atom stereocenters. The number of aliphatic hydroxyl groups is 1. The first-order valence-corrected chi connectivity index (χ1v) is 8.23. The maximum Gasteiger partial charge on any atom is 0.307 e. The first-order valence-electron chi connectivity index (χ1n) is 8.23. The molecule has 0 aromatic heterocycles. The number of rotatable bonds is 8. The molecule has 0 saturated heterocycles. The van der Waals surface area contributed by atoms with Crippen LogP contribution in [0.25, 0.3) is 0 Å². The number of nitrogens with zero attached hydrogens (tertiary/aromatic N) is 1. The van der Waals surface area contributed by atoms with E-state index in [1.807, 2.05) is 60.7 Å². The Labute approximate surface area is 147 Å². The van der Waals surface area contributed by atoms with Crippen LogP contribution in [-0.2, 0) is 14.3 Å². The van der Waals surface area contributed by atoms with Crippen LogP contribution in [0.3, 0.4) is 0 Å². The number of carbonyl (C=O) groups excluding carboxylic acids is 2. The van der Waals surface area contributed by atoms with E-state index in [1.165, 1.54) is 12.0 Å². The Balaban J connectivity index is 2.31. The molecule has 0 aliphatic rings. The zero-order valence-electron chi connectivity index (χ0n) is 14.3. The molecule has 25 heavy (non-hydrogen) atoms. The minimum absolute atomic E-state index is 0.0958. The number of carbonyl (C=O) groups is 2. The molecule has 1 N–H and O–H groups in total. The highest BCUT2D eigenvalue weighted by molar-refractivity contribution is 5.87. The van der Waals surface area contributed by atoms with Gasteiger partial charge in [0.1, 0.15) is 0 Å². The second-order valence-corrected chi connectivity index (χ2v) is 5.63. The van der Waals surface area contributed by atoms with Gasteiger partial charge in [-0.15, -0.1) is 0 Å². The van der Waals surface area contributed by atoms with Gasteiger partial charge in [-0.2, -0.15) is 0 Å². The van der Waals surface area contributed by atoms with E-state index < -0.39 is 5.92 Å². The summed E-state index contributed by atoms with van der Waals surface area (Å²) < 4.78 is 4.65. The van der Waals surface area contributed by atoms with E-state index in [4.69, 9.17) is 0 Å². The fraction of sp³-hybridized carbons (Fsp3) is 0.300. The van der Waals surface area contributed by atoms with E-state index in [-0.39, 0.29) is 38.0 Å². The predicted octanol–water partition coefficient (Wildman–Crippen LogP) is 2.20. The number of hydrogen-bond donors (Lipinski definition) is 1. The van der Waals surface area contributed by atoms with Crippen molar-refractivity contribution >= 4 is 11.9 Å². The average molecular weight is 341 g/mol. The molecule has 0 radical (unpaired) electrons. The summed E-state index contributed by atoms with van der Waals surface area (Å²) in [7, 11) is 1.32. The summed E-state index contributed by atoms with van der Waals surface area (Å²) >= 11 is 0. The van der Waals surface area contributed by atoms with Crippen molar-refractivity contribution in [3.05, 3.63) is 71.8 Å².